The Bertz CT molecular complexity index is 851. The van der Waals surface area contributed by atoms with E-state index in [4.69, 9.17) is 0 Å². The van der Waals surface area contributed by atoms with Crippen molar-refractivity contribution in [3.8, 4) is 0 Å². The Morgan fingerprint density at radius 2 is 1.79 bits per heavy atom. The van der Waals surface area contributed by atoms with Gasteiger partial charge in [0.25, 0.3) is 0 Å². The largest absolute Gasteiger partial charge is 0.311 e. The SMILES string of the molecule is O=C(C1CCCC1)N1CC2(CCN(Cc3ccccn3)CC2)Cc2ccccc21. The zero-order valence-corrected chi connectivity index (χ0v) is 17.2. The number of hydrogen-bond acceptors (Lipinski definition) is 3. The number of hydrogen-bond donors (Lipinski definition) is 0. The Labute approximate surface area is 173 Å². The minimum atomic E-state index is 0.225. The summed E-state index contributed by atoms with van der Waals surface area (Å²) in [5, 5.41) is 0. The number of anilines is 1. The monoisotopic (exact) mass is 389 g/mol. The lowest BCUT2D eigenvalue weighted by Gasteiger charge is -2.48. The first-order valence-corrected chi connectivity index (χ1v) is 11.2. The van der Waals surface area contributed by atoms with Gasteiger partial charge in [-0.15, -0.1) is 0 Å². The molecule has 0 unspecified atom stereocenters. The summed E-state index contributed by atoms with van der Waals surface area (Å²) in [4.78, 5) is 22.6. The second-order valence-electron chi connectivity index (χ2n) is 9.31. The van der Waals surface area contributed by atoms with E-state index in [1.165, 1.54) is 24.1 Å². The van der Waals surface area contributed by atoms with Crippen LogP contribution in [0.4, 0.5) is 5.69 Å². The number of pyridine rings is 1. The van der Waals surface area contributed by atoms with E-state index >= 15 is 0 Å². The molecule has 5 rings (SSSR count). The van der Waals surface area contributed by atoms with Gasteiger partial charge in [0, 0.05) is 30.9 Å². The molecule has 1 saturated carbocycles. The molecule has 1 aromatic carbocycles. The molecule has 4 heteroatoms. The van der Waals surface area contributed by atoms with Crippen molar-refractivity contribution in [1.82, 2.24) is 9.88 Å². The zero-order valence-electron chi connectivity index (χ0n) is 17.2. The number of carbonyl (C=O) groups excluding carboxylic acids is 1. The summed E-state index contributed by atoms with van der Waals surface area (Å²) in [6, 6.07) is 14.8. The fourth-order valence-electron chi connectivity index (χ4n) is 5.64. The molecule has 2 aliphatic heterocycles. The van der Waals surface area contributed by atoms with E-state index in [2.05, 4.69) is 51.2 Å². The van der Waals surface area contributed by atoms with Gasteiger partial charge in [0.15, 0.2) is 0 Å². The van der Waals surface area contributed by atoms with E-state index in [9.17, 15) is 4.79 Å². The van der Waals surface area contributed by atoms with Gasteiger partial charge in [0.1, 0.15) is 0 Å². The lowest BCUT2D eigenvalue weighted by atomic mass is 9.70. The minimum absolute atomic E-state index is 0.225. The molecular formula is C25H31N3O. The fourth-order valence-corrected chi connectivity index (χ4v) is 5.64. The lowest BCUT2D eigenvalue weighted by molar-refractivity contribution is -0.122. The lowest BCUT2D eigenvalue weighted by Crippen LogP contribution is -2.52. The van der Waals surface area contributed by atoms with Crippen LogP contribution < -0.4 is 4.90 Å². The van der Waals surface area contributed by atoms with E-state index in [0.717, 1.165) is 64.0 Å². The number of para-hydroxylation sites is 1. The quantitative estimate of drug-likeness (QED) is 0.778. The van der Waals surface area contributed by atoms with Gasteiger partial charge >= 0.3 is 0 Å². The first-order valence-electron chi connectivity index (χ1n) is 11.2. The summed E-state index contributed by atoms with van der Waals surface area (Å²) >= 11 is 0. The van der Waals surface area contributed by atoms with Crippen LogP contribution in [0.25, 0.3) is 0 Å². The van der Waals surface area contributed by atoms with E-state index in [1.54, 1.807) is 0 Å². The normalized spacial score (nSPS) is 22.0. The molecule has 1 aromatic heterocycles. The highest BCUT2D eigenvalue weighted by molar-refractivity contribution is 5.96. The number of likely N-dealkylation sites (tertiary alicyclic amines) is 1. The molecule has 1 amide bonds. The molecule has 152 valence electrons. The Kier molecular flexibility index (Phi) is 5.13. The van der Waals surface area contributed by atoms with Gasteiger partial charge in [-0.25, -0.2) is 0 Å². The standard InChI is InChI=1S/C25H31N3O/c29-24(20-7-1-2-8-20)28-19-25(17-21-9-3-4-11-23(21)28)12-15-27(16-13-25)18-22-10-5-6-14-26-22/h3-6,9-11,14,20H,1-2,7-8,12-13,15-19H2. The van der Waals surface area contributed by atoms with E-state index in [1.807, 2.05) is 12.3 Å². The van der Waals surface area contributed by atoms with Crippen LogP contribution in [0.3, 0.4) is 0 Å². The molecule has 2 aromatic rings. The molecule has 0 N–H and O–H groups in total. The van der Waals surface area contributed by atoms with Crippen molar-refractivity contribution in [1.29, 1.82) is 0 Å². The van der Waals surface area contributed by atoms with Crippen LogP contribution >= 0.6 is 0 Å². The molecule has 1 aliphatic carbocycles. The summed E-state index contributed by atoms with van der Waals surface area (Å²) in [5.41, 5.74) is 3.91. The predicted molar refractivity (Wildman–Crippen MR) is 116 cm³/mol. The van der Waals surface area contributed by atoms with Gasteiger partial charge in [-0.3, -0.25) is 14.7 Å². The van der Waals surface area contributed by atoms with Crippen molar-refractivity contribution in [3.63, 3.8) is 0 Å². The number of fused-ring (bicyclic) bond motifs is 1. The van der Waals surface area contributed by atoms with Crippen LogP contribution in [0.5, 0.6) is 0 Å². The number of amides is 1. The van der Waals surface area contributed by atoms with Crippen molar-refractivity contribution in [2.45, 2.75) is 51.5 Å². The van der Waals surface area contributed by atoms with E-state index in [0.29, 0.717) is 5.91 Å². The highest BCUT2D eigenvalue weighted by Crippen LogP contribution is 2.44. The van der Waals surface area contributed by atoms with Crippen LogP contribution in [-0.2, 0) is 17.8 Å². The van der Waals surface area contributed by atoms with Crippen LogP contribution in [-0.4, -0.2) is 35.4 Å². The van der Waals surface area contributed by atoms with E-state index in [-0.39, 0.29) is 11.3 Å². The minimum Gasteiger partial charge on any atom is -0.311 e. The first-order chi connectivity index (χ1) is 14.2. The predicted octanol–water partition coefficient (Wildman–Crippen LogP) is 4.44. The molecular weight excluding hydrogens is 358 g/mol. The summed E-state index contributed by atoms with van der Waals surface area (Å²) < 4.78 is 0. The van der Waals surface area contributed by atoms with E-state index < -0.39 is 0 Å². The Morgan fingerprint density at radius 1 is 1.03 bits per heavy atom. The number of piperidine rings is 1. The molecule has 0 atom stereocenters. The van der Waals surface area contributed by atoms with Gasteiger partial charge in [-0.05, 0) is 74.4 Å². The van der Waals surface area contributed by atoms with Crippen LogP contribution in [0, 0.1) is 11.3 Å². The Balaban J connectivity index is 1.33. The molecule has 0 bridgehead atoms. The number of benzene rings is 1. The molecule has 1 saturated heterocycles. The number of rotatable bonds is 3. The van der Waals surface area contributed by atoms with Crippen molar-refractivity contribution in [2.24, 2.45) is 11.3 Å². The average Bonchev–Trinajstić information content (AvgIpc) is 3.30. The molecule has 4 nitrogen and oxygen atoms in total. The Morgan fingerprint density at radius 3 is 2.55 bits per heavy atom. The van der Waals surface area contributed by atoms with Crippen molar-refractivity contribution < 1.29 is 4.79 Å². The highest BCUT2D eigenvalue weighted by atomic mass is 16.2. The summed E-state index contributed by atoms with van der Waals surface area (Å²) in [6.45, 7) is 4.00. The first kappa shape index (κ1) is 18.8. The van der Waals surface area contributed by atoms with Crippen LogP contribution in [0.15, 0.2) is 48.7 Å². The van der Waals surface area contributed by atoms with Crippen LogP contribution in [0.1, 0.15) is 49.8 Å². The van der Waals surface area contributed by atoms with Crippen molar-refractivity contribution >= 4 is 11.6 Å². The fraction of sp³-hybridized carbons (Fsp3) is 0.520. The van der Waals surface area contributed by atoms with Gasteiger partial charge in [-0.2, -0.15) is 0 Å². The second kappa shape index (κ2) is 7.91. The molecule has 1 spiro atoms. The average molecular weight is 390 g/mol. The third-order valence-electron chi connectivity index (χ3n) is 7.34. The summed E-state index contributed by atoms with van der Waals surface area (Å²) in [6.07, 6.45) is 9.86. The smallest absolute Gasteiger partial charge is 0.230 e. The maximum atomic E-state index is 13.4. The molecule has 29 heavy (non-hydrogen) atoms. The molecule has 0 radical (unpaired) electrons. The Hall–Kier alpha value is -2.20. The highest BCUT2D eigenvalue weighted by Gasteiger charge is 2.43. The molecule has 2 fully saturated rings. The molecule has 3 heterocycles. The van der Waals surface area contributed by atoms with Crippen LogP contribution in [0.2, 0.25) is 0 Å². The maximum Gasteiger partial charge on any atom is 0.230 e. The molecule has 3 aliphatic rings. The third kappa shape index (κ3) is 3.83. The topological polar surface area (TPSA) is 36.4 Å². The zero-order chi connectivity index (χ0) is 19.7. The van der Waals surface area contributed by atoms with Crippen molar-refractivity contribution in [3.05, 3.63) is 59.9 Å². The third-order valence-corrected chi connectivity index (χ3v) is 7.34. The maximum absolute atomic E-state index is 13.4. The second-order valence-corrected chi connectivity index (χ2v) is 9.31. The summed E-state index contributed by atoms with van der Waals surface area (Å²) in [7, 11) is 0. The number of aromatic nitrogens is 1. The number of carbonyl (C=O) groups is 1. The summed E-state index contributed by atoms with van der Waals surface area (Å²) in [5.74, 6) is 0.618. The van der Waals surface area contributed by atoms with Gasteiger partial charge in [0.05, 0.1) is 5.69 Å². The van der Waals surface area contributed by atoms with Gasteiger partial charge in [0.2, 0.25) is 5.91 Å². The van der Waals surface area contributed by atoms with Crippen molar-refractivity contribution in [2.75, 3.05) is 24.5 Å². The van der Waals surface area contributed by atoms with Gasteiger partial charge < -0.3 is 4.90 Å². The van der Waals surface area contributed by atoms with Gasteiger partial charge in [-0.1, -0.05) is 37.1 Å². The number of nitrogens with zero attached hydrogens (tertiary/aromatic N) is 3.